The van der Waals surface area contributed by atoms with E-state index in [1.54, 1.807) is 24.3 Å². The molecule has 0 radical (unpaired) electrons. The van der Waals surface area contributed by atoms with E-state index >= 15 is 0 Å². The van der Waals surface area contributed by atoms with Crippen molar-refractivity contribution >= 4 is 0 Å². The second-order valence-electron chi connectivity index (χ2n) is 6.85. The molecule has 0 saturated heterocycles. The highest BCUT2D eigenvalue weighted by Gasteiger charge is 2.35. The molecule has 1 heterocycles. The molecule has 30 heavy (non-hydrogen) atoms. The van der Waals surface area contributed by atoms with Crippen LogP contribution in [0.15, 0.2) is 48.7 Å². The predicted octanol–water partition coefficient (Wildman–Crippen LogP) is 5.59. The van der Waals surface area contributed by atoms with Crippen LogP contribution in [0.4, 0.5) is 22.0 Å². The van der Waals surface area contributed by atoms with Crippen molar-refractivity contribution < 1.29 is 31.8 Å². The number of benzene rings is 2. The lowest BCUT2D eigenvalue weighted by atomic mass is 10.1. The van der Waals surface area contributed by atoms with Crippen LogP contribution in [-0.4, -0.2) is 16.3 Å². The Morgan fingerprint density at radius 1 is 0.967 bits per heavy atom. The third-order valence-corrected chi connectivity index (χ3v) is 4.70. The number of nitrogens with zero attached hydrogens (tertiary/aromatic N) is 1. The SMILES string of the molecule is Cc1ccc(-n2ccc(C(F)(F)F)c2COc2ccc(CCCO)c(F)c2F)cc1. The molecule has 0 aliphatic heterocycles. The quantitative estimate of drug-likeness (QED) is 0.501. The van der Waals surface area contributed by atoms with Gasteiger partial charge in [0.15, 0.2) is 11.6 Å². The average molecular weight is 425 g/mol. The Morgan fingerprint density at radius 2 is 1.67 bits per heavy atom. The molecule has 0 saturated carbocycles. The highest BCUT2D eigenvalue weighted by Crippen LogP contribution is 2.35. The molecule has 2 aromatic carbocycles. The van der Waals surface area contributed by atoms with Crippen LogP contribution in [0, 0.1) is 18.6 Å². The third kappa shape index (κ3) is 4.64. The smallest absolute Gasteiger partial charge is 0.418 e. The number of rotatable bonds is 7. The van der Waals surface area contributed by atoms with E-state index in [9.17, 15) is 22.0 Å². The van der Waals surface area contributed by atoms with Crippen molar-refractivity contribution in [1.82, 2.24) is 4.57 Å². The number of aliphatic hydroxyl groups is 1. The van der Waals surface area contributed by atoms with Crippen LogP contribution in [0.1, 0.15) is 28.8 Å². The highest BCUT2D eigenvalue weighted by molar-refractivity contribution is 5.41. The van der Waals surface area contributed by atoms with E-state index in [-0.39, 0.29) is 30.7 Å². The minimum Gasteiger partial charge on any atom is -0.484 e. The van der Waals surface area contributed by atoms with Gasteiger partial charge in [-0.25, -0.2) is 4.39 Å². The Hall–Kier alpha value is -2.87. The molecule has 1 N–H and O–H groups in total. The predicted molar refractivity (Wildman–Crippen MR) is 102 cm³/mol. The number of aliphatic hydroxyl groups excluding tert-OH is 1. The Kier molecular flexibility index (Phi) is 6.45. The third-order valence-electron chi connectivity index (χ3n) is 4.70. The van der Waals surface area contributed by atoms with Crippen molar-refractivity contribution in [2.75, 3.05) is 6.61 Å². The largest absolute Gasteiger partial charge is 0.484 e. The molecular formula is C22H20F5NO2. The molecule has 160 valence electrons. The molecule has 0 spiro atoms. The minimum atomic E-state index is -4.63. The summed E-state index contributed by atoms with van der Waals surface area (Å²) in [5.74, 6) is -2.89. The van der Waals surface area contributed by atoms with Gasteiger partial charge in [0, 0.05) is 18.5 Å². The van der Waals surface area contributed by atoms with E-state index in [1.807, 2.05) is 6.92 Å². The first kappa shape index (κ1) is 21.8. The van der Waals surface area contributed by atoms with Crippen LogP contribution >= 0.6 is 0 Å². The zero-order chi connectivity index (χ0) is 21.9. The molecule has 0 aliphatic rings. The average Bonchev–Trinajstić information content (AvgIpc) is 3.13. The Morgan fingerprint density at radius 3 is 2.30 bits per heavy atom. The summed E-state index contributed by atoms with van der Waals surface area (Å²) >= 11 is 0. The molecular weight excluding hydrogens is 405 g/mol. The van der Waals surface area contributed by atoms with Gasteiger partial charge in [-0.15, -0.1) is 0 Å². The van der Waals surface area contributed by atoms with Gasteiger partial charge in [0.25, 0.3) is 0 Å². The summed E-state index contributed by atoms with van der Waals surface area (Å²) in [5.41, 5.74) is 0.353. The lowest BCUT2D eigenvalue weighted by Crippen LogP contribution is -2.13. The molecule has 0 amide bonds. The van der Waals surface area contributed by atoms with E-state index in [4.69, 9.17) is 9.84 Å². The van der Waals surface area contributed by atoms with Crippen molar-refractivity contribution in [2.24, 2.45) is 0 Å². The zero-order valence-electron chi connectivity index (χ0n) is 16.1. The fourth-order valence-corrected chi connectivity index (χ4v) is 3.11. The second kappa shape index (κ2) is 8.87. The summed E-state index contributed by atoms with van der Waals surface area (Å²) < 4.78 is 75.5. The molecule has 3 nitrogen and oxygen atoms in total. The van der Waals surface area contributed by atoms with Gasteiger partial charge in [-0.3, -0.25) is 0 Å². The molecule has 0 fully saturated rings. The Labute approximate surface area is 170 Å². The fraction of sp³-hybridized carbons (Fsp3) is 0.273. The molecule has 1 aromatic heterocycles. The number of halogens is 5. The molecule has 3 rings (SSSR count). The Balaban J connectivity index is 1.92. The lowest BCUT2D eigenvalue weighted by Gasteiger charge is -2.15. The van der Waals surface area contributed by atoms with Gasteiger partial charge in [0.05, 0.1) is 11.3 Å². The van der Waals surface area contributed by atoms with Crippen molar-refractivity contribution in [1.29, 1.82) is 0 Å². The lowest BCUT2D eigenvalue weighted by molar-refractivity contribution is -0.138. The summed E-state index contributed by atoms with van der Waals surface area (Å²) in [6, 6.07) is 10.2. The van der Waals surface area contributed by atoms with Gasteiger partial charge in [0.2, 0.25) is 5.82 Å². The number of hydrogen-bond acceptors (Lipinski definition) is 2. The molecule has 8 heteroatoms. The molecule has 0 aliphatic carbocycles. The summed E-state index contributed by atoms with van der Waals surface area (Å²) in [7, 11) is 0. The van der Waals surface area contributed by atoms with Gasteiger partial charge < -0.3 is 14.4 Å². The fourth-order valence-electron chi connectivity index (χ4n) is 3.11. The first-order valence-corrected chi connectivity index (χ1v) is 9.27. The summed E-state index contributed by atoms with van der Waals surface area (Å²) in [6.45, 7) is 1.07. The van der Waals surface area contributed by atoms with Gasteiger partial charge in [-0.2, -0.15) is 17.6 Å². The van der Waals surface area contributed by atoms with Crippen LogP contribution < -0.4 is 4.74 Å². The van der Waals surface area contributed by atoms with Gasteiger partial charge in [-0.1, -0.05) is 23.8 Å². The summed E-state index contributed by atoms with van der Waals surface area (Å²) in [6.07, 6.45) is -2.97. The second-order valence-corrected chi connectivity index (χ2v) is 6.85. The number of alkyl halides is 3. The summed E-state index contributed by atoms with van der Waals surface area (Å²) in [4.78, 5) is 0. The van der Waals surface area contributed by atoms with E-state index in [0.717, 1.165) is 11.6 Å². The molecule has 0 atom stereocenters. The van der Waals surface area contributed by atoms with Crippen molar-refractivity contribution in [3.63, 3.8) is 0 Å². The number of aromatic nitrogens is 1. The maximum atomic E-state index is 14.3. The van der Waals surface area contributed by atoms with Gasteiger partial charge in [-0.05, 0) is 49.6 Å². The molecule has 0 unspecified atom stereocenters. The topological polar surface area (TPSA) is 34.4 Å². The van der Waals surface area contributed by atoms with Crippen molar-refractivity contribution in [2.45, 2.75) is 32.5 Å². The van der Waals surface area contributed by atoms with E-state index in [0.29, 0.717) is 5.69 Å². The normalized spacial score (nSPS) is 11.7. The van der Waals surface area contributed by atoms with E-state index in [1.165, 1.54) is 22.9 Å². The number of aryl methyl sites for hydroxylation is 2. The van der Waals surface area contributed by atoms with E-state index in [2.05, 4.69) is 0 Å². The van der Waals surface area contributed by atoms with Crippen LogP contribution in [-0.2, 0) is 19.2 Å². The van der Waals surface area contributed by atoms with E-state index < -0.39 is 35.7 Å². The van der Waals surface area contributed by atoms with Crippen LogP contribution in [0.2, 0.25) is 0 Å². The standard InChI is InChI=1S/C22H20F5NO2/c1-14-4-7-16(8-5-14)28-11-10-17(22(25,26)27)18(28)13-30-19-9-6-15(3-2-12-29)20(23)21(19)24/h4-11,29H,2-3,12-13H2,1H3. The van der Waals surface area contributed by atoms with Crippen LogP contribution in [0.25, 0.3) is 5.69 Å². The monoisotopic (exact) mass is 425 g/mol. The number of ether oxygens (including phenoxy) is 1. The van der Waals surface area contributed by atoms with Crippen LogP contribution in [0.5, 0.6) is 5.75 Å². The highest BCUT2D eigenvalue weighted by atomic mass is 19.4. The van der Waals surface area contributed by atoms with Gasteiger partial charge in [0.1, 0.15) is 6.61 Å². The van der Waals surface area contributed by atoms with Crippen molar-refractivity contribution in [3.8, 4) is 11.4 Å². The number of hydrogen-bond donors (Lipinski definition) is 1. The first-order chi connectivity index (χ1) is 14.2. The Bertz CT molecular complexity index is 1010. The summed E-state index contributed by atoms with van der Waals surface area (Å²) in [5, 5.41) is 8.82. The first-order valence-electron chi connectivity index (χ1n) is 9.27. The van der Waals surface area contributed by atoms with Crippen LogP contribution in [0.3, 0.4) is 0 Å². The molecule has 0 bridgehead atoms. The van der Waals surface area contributed by atoms with Crippen molar-refractivity contribution in [3.05, 3.63) is 82.7 Å². The molecule has 3 aromatic rings. The maximum absolute atomic E-state index is 14.3. The maximum Gasteiger partial charge on any atom is 0.418 e. The minimum absolute atomic E-state index is 0.0629. The zero-order valence-corrected chi connectivity index (χ0v) is 16.1. The van der Waals surface area contributed by atoms with Gasteiger partial charge >= 0.3 is 6.18 Å².